The Labute approximate surface area is 151 Å². The minimum absolute atomic E-state index is 0.147. The number of fused-ring (bicyclic) bond motifs is 1. The summed E-state index contributed by atoms with van der Waals surface area (Å²) in [5.74, 6) is 0.609. The third-order valence-corrected chi connectivity index (χ3v) is 5.05. The van der Waals surface area contributed by atoms with E-state index in [-0.39, 0.29) is 11.9 Å². The van der Waals surface area contributed by atoms with E-state index >= 15 is 0 Å². The van der Waals surface area contributed by atoms with Crippen LogP contribution in [0.1, 0.15) is 21.4 Å². The minimum Gasteiger partial charge on any atom is -0.497 e. The normalized spacial score (nSPS) is 12.3. The van der Waals surface area contributed by atoms with E-state index in [1.807, 2.05) is 49.8 Å². The summed E-state index contributed by atoms with van der Waals surface area (Å²) >= 11 is 1.69. The summed E-state index contributed by atoms with van der Waals surface area (Å²) in [4.78, 5) is 20.3. The highest BCUT2D eigenvalue weighted by Crippen LogP contribution is 2.23. The Morgan fingerprint density at radius 2 is 2.12 bits per heavy atom. The zero-order valence-corrected chi connectivity index (χ0v) is 15.3. The Morgan fingerprint density at radius 3 is 2.80 bits per heavy atom. The number of nitrogens with zero attached hydrogens (tertiary/aromatic N) is 2. The molecular formula is C19H21N3O2S. The van der Waals surface area contributed by atoms with Crippen molar-refractivity contribution in [1.29, 1.82) is 0 Å². The number of carbonyl (C=O) groups is 1. The number of hydrogen-bond donors (Lipinski definition) is 1. The molecule has 6 heteroatoms. The second kappa shape index (κ2) is 7.63. The SMILES string of the molecule is COc1ccc2nc(C(=O)NCC(c3cccs3)N(C)C)ccc2c1. The highest BCUT2D eigenvalue weighted by atomic mass is 32.1. The van der Waals surface area contributed by atoms with Crippen LogP contribution < -0.4 is 10.1 Å². The standard InChI is InChI=1S/C19H21N3O2S/c1-22(2)17(18-5-4-10-25-18)12-20-19(23)16-8-6-13-11-14(24-3)7-9-15(13)21-16/h4-11,17H,12H2,1-3H3,(H,20,23). The fraction of sp³-hybridized carbons (Fsp3) is 0.263. The van der Waals surface area contributed by atoms with Crippen molar-refractivity contribution in [1.82, 2.24) is 15.2 Å². The molecule has 0 aliphatic carbocycles. The molecule has 2 aromatic heterocycles. The van der Waals surface area contributed by atoms with E-state index in [1.165, 1.54) is 4.88 Å². The van der Waals surface area contributed by atoms with Gasteiger partial charge in [0.2, 0.25) is 0 Å². The molecule has 0 fully saturated rings. The van der Waals surface area contributed by atoms with Gasteiger partial charge < -0.3 is 15.0 Å². The number of benzene rings is 1. The van der Waals surface area contributed by atoms with Crippen molar-refractivity contribution < 1.29 is 9.53 Å². The van der Waals surface area contributed by atoms with E-state index in [4.69, 9.17) is 4.74 Å². The fourth-order valence-corrected chi connectivity index (χ4v) is 3.58. The van der Waals surface area contributed by atoms with E-state index in [0.717, 1.165) is 16.7 Å². The van der Waals surface area contributed by atoms with Gasteiger partial charge in [0.1, 0.15) is 11.4 Å². The predicted molar refractivity (Wildman–Crippen MR) is 101 cm³/mol. The quantitative estimate of drug-likeness (QED) is 0.737. The zero-order valence-electron chi connectivity index (χ0n) is 14.5. The lowest BCUT2D eigenvalue weighted by Gasteiger charge is -2.23. The lowest BCUT2D eigenvalue weighted by atomic mass is 10.2. The summed E-state index contributed by atoms with van der Waals surface area (Å²) in [6.45, 7) is 0.536. The van der Waals surface area contributed by atoms with E-state index in [2.05, 4.69) is 21.3 Å². The number of carbonyl (C=O) groups excluding carboxylic acids is 1. The molecule has 130 valence electrons. The molecule has 1 N–H and O–H groups in total. The summed E-state index contributed by atoms with van der Waals surface area (Å²) in [5.41, 5.74) is 1.19. The van der Waals surface area contributed by atoms with E-state index in [9.17, 15) is 4.79 Å². The van der Waals surface area contributed by atoms with Crippen molar-refractivity contribution in [3.63, 3.8) is 0 Å². The molecule has 3 rings (SSSR count). The average Bonchev–Trinajstić information content (AvgIpc) is 3.14. The molecule has 1 amide bonds. The van der Waals surface area contributed by atoms with Crippen molar-refractivity contribution in [2.45, 2.75) is 6.04 Å². The van der Waals surface area contributed by atoms with Gasteiger partial charge >= 0.3 is 0 Å². The van der Waals surface area contributed by atoms with Crippen LogP contribution in [0.15, 0.2) is 47.8 Å². The van der Waals surface area contributed by atoms with Crippen molar-refractivity contribution in [3.8, 4) is 5.75 Å². The number of thiophene rings is 1. The van der Waals surface area contributed by atoms with Crippen LogP contribution in [0.3, 0.4) is 0 Å². The first-order valence-electron chi connectivity index (χ1n) is 8.01. The molecule has 0 saturated carbocycles. The maximum absolute atomic E-state index is 12.5. The van der Waals surface area contributed by atoms with Crippen LogP contribution in [0.25, 0.3) is 10.9 Å². The molecule has 0 radical (unpaired) electrons. The molecule has 5 nitrogen and oxygen atoms in total. The van der Waals surface area contributed by atoms with Gasteiger partial charge in [-0.15, -0.1) is 11.3 Å². The van der Waals surface area contributed by atoms with E-state index < -0.39 is 0 Å². The first-order valence-corrected chi connectivity index (χ1v) is 8.89. The van der Waals surface area contributed by atoms with Crippen molar-refractivity contribution in [3.05, 3.63) is 58.4 Å². The number of aromatic nitrogens is 1. The first-order chi connectivity index (χ1) is 12.1. The molecule has 0 saturated heterocycles. The van der Waals surface area contributed by atoms with Crippen LogP contribution >= 0.6 is 11.3 Å². The first kappa shape index (κ1) is 17.4. The third kappa shape index (κ3) is 3.97. The average molecular weight is 355 g/mol. The van der Waals surface area contributed by atoms with Crippen molar-refractivity contribution >= 4 is 28.1 Å². The van der Waals surface area contributed by atoms with Crippen molar-refractivity contribution in [2.75, 3.05) is 27.7 Å². The number of likely N-dealkylation sites (N-methyl/N-ethyl adjacent to an activating group) is 1. The minimum atomic E-state index is -0.166. The van der Waals surface area contributed by atoms with E-state index in [1.54, 1.807) is 24.5 Å². The largest absolute Gasteiger partial charge is 0.497 e. The number of hydrogen-bond acceptors (Lipinski definition) is 5. The summed E-state index contributed by atoms with van der Waals surface area (Å²) in [6.07, 6.45) is 0. The van der Waals surface area contributed by atoms with E-state index in [0.29, 0.717) is 12.2 Å². The van der Waals surface area contributed by atoms with Gasteiger partial charge in [0, 0.05) is 16.8 Å². The molecular weight excluding hydrogens is 334 g/mol. The molecule has 0 bridgehead atoms. The molecule has 3 aromatic rings. The molecule has 0 spiro atoms. The number of nitrogens with one attached hydrogen (secondary N) is 1. The Balaban J connectivity index is 1.73. The molecule has 1 aromatic carbocycles. The number of amides is 1. The highest BCUT2D eigenvalue weighted by molar-refractivity contribution is 7.10. The Kier molecular flexibility index (Phi) is 5.31. The number of rotatable bonds is 6. The van der Waals surface area contributed by atoms with Gasteiger partial charge in [-0.25, -0.2) is 4.98 Å². The van der Waals surface area contributed by atoms with Crippen molar-refractivity contribution in [2.24, 2.45) is 0 Å². The van der Waals surface area contributed by atoms with Gasteiger partial charge in [0.15, 0.2) is 0 Å². The van der Waals surface area contributed by atoms with Gasteiger partial charge in [-0.1, -0.05) is 12.1 Å². The Hall–Kier alpha value is -2.44. The van der Waals surface area contributed by atoms with Crippen LogP contribution in [-0.4, -0.2) is 43.5 Å². The molecule has 0 aliphatic rings. The molecule has 25 heavy (non-hydrogen) atoms. The summed E-state index contributed by atoms with van der Waals surface area (Å²) in [7, 11) is 5.65. The number of ether oxygens (including phenoxy) is 1. The summed E-state index contributed by atoms with van der Waals surface area (Å²) in [6, 6.07) is 13.5. The lowest BCUT2D eigenvalue weighted by Crippen LogP contribution is -2.34. The van der Waals surface area contributed by atoms with Gasteiger partial charge in [0.25, 0.3) is 5.91 Å². The molecule has 1 atom stereocenters. The fourth-order valence-electron chi connectivity index (χ4n) is 2.66. The number of pyridine rings is 1. The summed E-state index contributed by atoms with van der Waals surface area (Å²) < 4.78 is 5.21. The van der Waals surface area contributed by atoms with Crippen LogP contribution in [0.5, 0.6) is 5.75 Å². The lowest BCUT2D eigenvalue weighted by molar-refractivity contribution is 0.0937. The second-order valence-electron chi connectivity index (χ2n) is 5.96. The van der Waals surface area contributed by atoms with Crippen LogP contribution in [0, 0.1) is 0 Å². The maximum Gasteiger partial charge on any atom is 0.269 e. The predicted octanol–water partition coefficient (Wildman–Crippen LogP) is 3.34. The van der Waals surface area contributed by atoms with Crippen LogP contribution in [0.2, 0.25) is 0 Å². The van der Waals surface area contributed by atoms with Gasteiger partial charge in [-0.3, -0.25) is 4.79 Å². The highest BCUT2D eigenvalue weighted by Gasteiger charge is 2.17. The zero-order chi connectivity index (χ0) is 17.8. The maximum atomic E-state index is 12.5. The molecule has 0 aliphatic heterocycles. The monoisotopic (exact) mass is 355 g/mol. The third-order valence-electron chi connectivity index (χ3n) is 4.08. The van der Waals surface area contributed by atoms with Gasteiger partial charge in [0.05, 0.1) is 18.7 Å². The Bertz CT molecular complexity index is 862. The topological polar surface area (TPSA) is 54.5 Å². The summed E-state index contributed by atoms with van der Waals surface area (Å²) in [5, 5.41) is 5.99. The number of methoxy groups -OCH3 is 1. The van der Waals surface area contributed by atoms with Crippen LogP contribution in [-0.2, 0) is 0 Å². The smallest absolute Gasteiger partial charge is 0.269 e. The Morgan fingerprint density at radius 1 is 1.28 bits per heavy atom. The van der Waals surface area contributed by atoms with Crippen LogP contribution in [0.4, 0.5) is 0 Å². The van der Waals surface area contributed by atoms with Gasteiger partial charge in [-0.05, 0) is 49.8 Å². The molecule has 1 unspecified atom stereocenters. The van der Waals surface area contributed by atoms with Gasteiger partial charge in [-0.2, -0.15) is 0 Å². The second-order valence-corrected chi connectivity index (χ2v) is 6.94. The molecule has 2 heterocycles.